The summed E-state index contributed by atoms with van der Waals surface area (Å²) in [7, 11) is 0.757. The summed E-state index contributed by atoms with van der Waals surface area (Å²) in [6, 6.07) is 1.86. The largest absolute Gasteiger partial charge is 0.462 e. The van der Waals surface area contributed by atoms with Crippen LogP contribution in [0.5, 0.6) is 0 Å². The van der Waals surface area contributed by atoms with E-state index in [9.17, 15) is 17.6 Å². The zero-order valence-corrected chi connectivity index (χ0v) is 12.6. The van der Waals surface area contributed by atoms with Gasteiger partial charge in [0.15, 0.2) is 5.82 Å². The van der Waals surface area contributed by atoms with Gasteiger partial charge in [-0.2, -0.15) is 0 Å². The first kappa shape index (κ1) is 15.5. The van der Waals surface area contributed by atoms with Crippen LogP contribution in [0.4, 0.5) is 4.39 Å². The average Bonchev–Trinajstić information content (AvgIpc) is 3.14. The molecule has 0 atom stereocenters. The molecule has 1 fully saturated rings. The summed E-state index contributed by atoms with van der Waals surface area (Å²) in [5.74, 6) is -1.64. The van der Waals surface area contributed by atoms with Crippen LogP contribution < -0.4 is 0 Å². The van der Waals surface area contributed by atoms with E-state index in [1.807, 2.05) is 0 Å². The summed E-state index contributed by atoms with van der Waals surface area (Å²) in [5.41, 5.74) is -0.535. The van der Waals surface area contributed by atoms with Gasteiger partial charge in [0.05, 0.1) is 12.2 Å². The molecule has 0 radical (unpaired) electrons. The zero-order chi connectivity index (χ0) is 14.9. The Kier molecular flexibility index (Phi) is 4.56. The number of carbonyl (C=O) groups excluding carboxylic acids is 1. The van der Waals surface area contributed by atoms with Crippen molar-refractivity contribution in [1.82, 2.24) is 0 Å². The van der Waals surface area contributed by atoms with Crippen molar-refractivity contribution in [3.8, 4) is 0 Å². The number of esters is 1. The number of rotatable bonds is 5. The van der Waals surface area contributed by atoms with Crippen LogP contribution in [0.15, 0.2) is 17.0 Å². The van der Waals surface area contributed by atoms with E-state index in [4.69, 9.17) is 27.0 Å². The van der Waals surface area contributed by atoms with Crippen LogP contribution in [0.3, 0.4) is 0 Å². The Bertz CT molecular complexity index is 641. The third-order valence-electron chi connectivity index (χ3n) is 2.94. The van der Waals surface area contributed by atoms with Gasteiger partial charge in [-0.15, -0.1) is 0 Å². The van der Waals surface area contributed by atoms with Crippen LogP contribution in [0.2, 0.25) is 5.02 Å². The molecule has 20 heavy (non-hydrogen) atoms. The third-order valence-corrected chi connectivity index (χ3v) is 4.48. The van der Waals surface area contributed by atoms with Crippen LogP contribution in [0.25, 0.3) is 0 Å². The SMILES string of the molecule is O=C(OCCC1CC1)c1cc(Cl)cc(S(=O)(=O)Cl)c1F. The molecular weight excluding hydrogens is 330 g/mol. The summed E-state index contributed by atoms with van der Waals surface area (Å²) in [6.45, 7) is 0.165. The normalized spacial score (nSPS) is 15.2. The van der Waals surface area contributed by atoms with Gasteiger partial charge in [0, 0.05) is 15.7 Å². The third kappa shape index (κ3) is 3.84. The van der Waals surface area contributed by atoms with E-state index in [0.717, 1.165) is 25.0 Å². The molecule has 4 nitrogen and oxygen atoms in total. The van der Waals surface area contributed by atoms with E-state index in [1.54, 1.807) is 0 Å². The summed E-state index contributed by atoms with van der Waals surface area (Å²) >= 11 is 5.67. The quantitative estimate of drug-likeness (QED) is 0.609. The van der Waals surface area contributed by atoms with Crippen LogP contribution in [-0.2, 0) is 13.8 Å². The van der Waals surface area contributed by atoms with Gasteiger partial charge in [-0.3, -0.25) is 0 Å². The van der Waals surface area contributed by atoms with Gasteiger partial charge in [-0.05, 0) is 24.5 Å². The molecular formula is C12H11Cl2FO4S. The molecule has 1 aliphatic rings. The molecule has 1 aliphatic carbocycles. The van der Waals surface area contributed by atoms with Crippen molar-refractivity contribution >= 4 is 37.3 Å². The molecule has 0 heterocycles. The lowest BCUT2D eigenvalue weighted by Gasteiger charge is -2.08. The second-order valence-corrected chi connectivity index (χ2v) is 7.54. The zero-order valence-electron chi connectivity index (χ0n) is 10.2. The van der Waals surface area contributed by atoms with Gasteiger partial charge >= 0.3 is 5.97 Å². The summed E-state index contributed by atoms with van der Waals surface area (Å²) < 4.78 is 41.3. The molecule has 0 aliphatic heterocycles. The van der Waals surface area contributed by atoms with E-state index >= 15 is 0 Å². The van der Waals surface area contributed by atoms with Crippen LogP contribution in [0, 0.1) is 11.7 Å². The molecule has 0 N–H and O–H groups in total. The van der Waals surface area contributed by atoms with Gasteiger partial charge < -0.3 is 4.74 Å². The smallest absolute Gasteiger partial charge is 0.341 e. The second-order valence-electron chi connectivity index (χ2n) is 4.57. The topological polar surface area (TPSA) is 60.4 Å². The van der Waals surface area contributed by atoms with Crippen molar-refractivity contribution in [2.24, 2.45) is 5.92 Å². The monoisotopic (exact) mass is 340 g/mol. The van der Waals surface area contributed by atoms with E-state index in [0.29, 0.717) is 12.3 Å². The minimum atomic E-state index is -4.33. The van der Waals surface area contributed by atoms with Gasteiger partial charge in [0.25, 0.3) is 9.05 Å². The number of hydrogen-bond acceptors (Lipinski definition) is 4. The van der Waals surface area contributed by atoms with Crippen molar-refractivity contribution < 1.29 is 22.3 Å². The fourth-order valence-electron chi connectivity index (χ4n) is 1.69. The van der Waals surface area contributed by atoms with Crippen molar-refractivity contribution in [2.75, 3.05) is 6.61 Å². The van der Waals surface area contributed by atoms with Gasteiger partial charge in [0.2, 0.25) is 0 Å². The standard InChI is InChI=1S/C12H11Cl2FO4S/c13-8-5-9(11(15)10(6-8)20(14,17)18)12(16)19-4-3-7-1-2-7/h5-7H,1-4H2. The number of hydrogen-bond donors (Lipinski definition) is 0. The van der Waals surface area contributed by atoms with Crippen LogP contribution in [0.1, 0.15) is 29.6 Å². The van der Waals surface area contributed by atoms with E-state index in [-0.39, 0.29) is 11.6 Å². The lowest BCUT2D eigenvalue weighted by atomic mass is 10.2. The minimum absolute atomic E-state index is 0.111. The highest BCUT2D eigenvalue weighted by atomic mass is 35.7. The lowest BCUT2D eigenvalue weighted by molar-refractivity contribution is 0.0489. The summed E-state index contributed by atoms with van der Waals surface area (Å²) in [5, 5.41) is -0.111. The first-order valence-electron chi connectivity index (χ1n) is 5.90. The fraction of sp³-hybridized carbons (Fsp3) is 0.417. The van der Waals surface area contributed by atoms with E-state index in [1.165, 1.54) is 0 Å². The highest BCUT2D eigenvalue weighted by Crippen LogP contribution is 2.32. The fourth-order valence-corrected chi connectivity index (χ4v) is 2.90. The minimum Gasteiger partial charge on any atom is -0.462 e. The molecule has 0 saturated heterocycles. The first-order chi connectivity index (χ1) is 9.29. The Labute approximate surface area is 125 Å². The predicted octanol–water partition coefficient (Wildman–Crippen LogP) is 3.36. The van der Waals surface area contributed by atoms with Crippen molar-refractivity contribution in [1.29, 1.82) is 0 Å². The average molecular weight is 341 g/mol. The van der Waals surface area contributed by atoms with Crippen molar-refractivity contribution in [2.45, 2.75) is 24.2 Å². The van der Waals surface area contributed by atoms with Gasteiger partial charge in [-0.1, -0.05) is 24.4 Å². The highest BCUT2D eigenvalue weighted by Gasteiger charge is 2.25. The molecule has 1 aromatic carbocycles. The maximum Gasteiger partial charge on any atom is 0.341 e. The molecule has 0 bridgehead atoms. The number of benzene rings is 1. The Hall–Kier alpha value is -0.850. The second kappa shape index (κ2) is 5.87. The van der Waals surface area contributed by atoms with Crippen molar-refractivity contribution in [3.05, 3.63) is 28.5 Å². The molecule has 8 heteroatoms. The van der Waals surface area contributed by atoms with Gasteiger partial charge in [0.1, 0.15) is 4.90 Å². The molecule has 0 unspecified atom stereocenters. The molecule has 110 valence electrons. The Balaban J connectivity index is 2.21. The van der Waals surface area contributed by atoms with E-state index < -0.39 is 31.3 Å². The summed E-state index contributed by atoms with van der Waals surface area (Å²) in [6.07, 6.45) is 2.93. The first-order valence-corrected chi connectivity index (χ1v) is 8.58. The molecule has 1 saturated carbocycles. The summed E-state index contributed by atoms with van der Waals surface area (Å²) in [4.78, 5) is 10.9. The van der Waals surface area contributed by atoms with E-state index in [2.05, 4.69) is 0 Å². The molecule has 0 aromatic heterocycles. The molecule has 0 spiro atoms. The van der Waals surface area contributed by atoms with Gasteiger partial charge in [-0.25, -0.2) is 17.6 Å². The maximum absolute atomic E-state index is 14.0. The van der Waals surface area contributed by atoms with Crippen molar-refractivity contribution in [3.63, 3.8) is 0 Å². The highest BCUT2D eigenvalue weighted by molar-refractivity contribution is 8.13. The number of ether oxygens (including phenoxy) is 1. The number of carbonyl (C=O) groups is 1. The van der Waals surface area contributed by atoms with Crippen LogP contribution in [-0.4, -0.2) is 21.0 Å². The number of halogens is 3. The molecule has 2 rings (SSSR count). The maximum atomic E-state index is 14.0. The molecule has 1 aromatic rings. The Morgan fingerprint density at radius 3 is 2.60 bits per heavy atom. The Morgan fingerprint density at radius 1 is 1.40 bits per heavy atom. The Morgan fingerprint density at radius 2 is 2.05 bits per heavy atom. The lowest BCUT2D eigenvalue weighted by Crippen LogP contribution is -2.11. The molecule has 0 amide bonds. The predicted molar refractivity (Wildman–Crippen MR) is 72.1 cm³/mol. The van der Waals surface area contributed by atoms with Crippen LogP contribution >= 0.6 is 22.3 Å².